The van der Waals surface area contributed by atoms with Gasteiger partial charge in [-0.1, -0.05) is 48.0 Å². The average Bonchev–Trinajstić information content (AvgIpc) is 2.96. The van der Waals surface area contributed by atoms with Gasteiger partial charge in [0.25, 0.3) is 5.91 Å². The molecule has 0 saturated heterocycles. The number of rotatable bonds is 2. The number of nitrogens with zero attached hydrogens (tertiary/aromatic N) is 1. The maximum atomic E-state index is 12.9. The van der Waals surface area contributed by atoms with E-state index in [1.165, 1.54) is 24.8 Å². The van der Waals surface area contributed by atoms with Gasteiger partial charge in [-0.25, -0.2) is 0 Å². The van der Waals surface area contributed by atoms with Crippen LogP contribution < -0.4 is 10.7 Å². The molecule has 0 bridgehead atoms. The molecule has 0 atom stereocenters. The zero-order valence-corrected chi connectivity index (χ0v) is 15.9. The summed E-state index contributed by atoms with van der Waals surface area (Å²) >= 11 is 3.49. The number of aryl methyl sites for hydroxylation is 2. The SMILES string of the molecule is O=C(NC1CCCCCCC1)c1cn2c3c(cc(Br)cc3c1=O)CC2. The van der Waals surface area contributed by atoms with Crippen molar-refractivity contribution in [2.75, 3.05) is 0 Å². The normalized spacial score (nSPS) is 18.1. The number of benzene rings is 1. The fourth-order valence-corrected chi connectivity index (χ4v) is 4.73. The number of nitrogens with one attached hydrogen (secondary N) is 1. The van der Waals surface area contributed by atoms with Gasteiger partial charge in [-0.3, -0.25) is 9.59 Å². The summed E-state index contributed by atoms with van der Waals surface area (Å²) in [4.78, 5) is 25.7. The highest BCUT2D eigenvalue weighted by Gasteiger charge is 2.23. The first-order valence-electron chi connectivity index (χ1n) is 9.30. The Morgan fingerprint density at radius 2 is 1.84 bits per heavy atom. The van der Waals surface area contributed by atoms with Crippen LogP contribution in [0.5, 0.6) is 0 Å². The molecule has 1 saturated carbocycles. The van der Waals surface area contributed by atoms with E-state index in [9.17, 15) is 9.59 Å². The van der Waals surface area contributed by atoms with Crippen LogP contribution in [0.25, 0.3) is 10.9 Å². The lowest BCUT2D eigenvalue weighted by Crippen LogP contribution is -2.38. The first-order chi connectivity index (χ1) is 12.1. The Balaban J connectivity index is 1.66. The van der Waals surface area contributed by atoms with Gasteiger partial charge in [0, 0.05) is 28.6 Å². The van der Waals surface area contributed by atoms with Crippen molar-refractivity contribution in [2.24, 2.45) is 0 Å². The number of halogens is 1. The predicted octanol–water partition coefficient (Wildman–Crippen LogP) is 4.16. The molecule has 5 heteroatoms. The third-order valence-electron chi connectivity index (χ3n) is 5.52. The monoisotopic (exact) mass is 402 g/mol. The maximum Gasteiger partial charge on any atom is 0.256 e. The Bertz CT molecular complexity index is 879. The lowest BCUT2D eigenvalue weighted by Gasteiger charge is -2.21. The fraction of sp³-hybridized carbons (Fsp3) is 0.500. The van der Waals surface area contributed by atoms with E-state index in [0.29, 0.717) is 5.39 Å². The van der Waals surface area contributed by atoms with Crippen molar-refractivity contribution >= 4 is 32.7 Å². The minimum atomic E-state index is -0.213. The Morgan fingerprint density at radius 3 is 2.60 bits per heavy atom. The van der Waals surface area contributed by atoms with Crippen molar-refractivity contribution in [1.82, 2.24) is 9.88 Å². The molecule has 0 spiro atoms. The van der Waals surface area contributed by atoms with E-state index in [4.69, 9.17) is 0 Å². The lowest BCUT2D eigenvalue weighted by atomic mass is 9.96. The maximum absolute atomic E-state index is 12.9. The van der Waals surface area contributed by atoms with E-state index < -0.39 is 0 Å². The van der Waals surface area contributed by atoms with Crippen LogP contribution in [0.1, 0.15) is 60.9 Å². The second-order valence-corrected chi connectivity index (χ2v) is 8.21. The number of carbonyl (C=O) groups is 1. The molecule has 1 aromatic carbocycles. The van der Waals surface area contributed by atoms with Crippen molar-refractivity contribution in [3.63, 3.8) is 0 Å². The smallest absolute Gasteiger partial charge is 0.256 e. The molecule has 132 valence electrons. The molecule has 0 radical (unpaired) electrons. The molecule has 4 rings (SSSR count). The average molecular weight is 403 g/mol. The summed E-state index contributed by atoms with van der Waals surface area (Å²) in [6.45, 7) is 0.826. The summed E-state index contributed by atoms with van der Waals surface area (Å²) in [7, 11) is 0. The number of carbonyl (C=O) groups excluding carboxylic acids is 1. The molecular weight excluding hydrogens is 380 g/mol. The molecule has 2 aromatic rings. The number of aromatic nitrogens is 1. The van der Waals surface area contributed by atoms with E-state index in [1.807, 2.05) is 6.07 Å². The van der Waals surface area contributed by atoms with Crippen LogP contribution in [0, 0.1) is 0 Å². The first-order valence-corrected chi connectivity index (χ1v) is 10.1. The summed E-state index contributed by atoms with van der Waals surface area (Å²) in [5, 5.41) is 3.77. The molecule has 1 fully saturated rings. The number of hydrogen-bond acceptors (Lipinski definition) is 2. The highest BCUT2D eigenvalue weighted by atomic mass is 79.9. The molecule has 1 aliphatic carbocycles. The zero-order chi connectivity index (χ0) is 17.4. The fourth-order valence-electron chi connectivity index (χ4n) is 4.23. The summed E-state index contributed by atoms with van der Waals surface area (Å²) in [6.07, 6.45) is 10.8. The quantitative estimate of drug-likeness (QED) is 0.819. The van der Waals surface area contributed by atoms with E-state index in [1.54, 1.807) is 6.20 Å². The van der Waals surface area contributed by atoms with Gasteiger partial charge < -0.3 is 9.88 Å². The predicted molar refractivity (Wildman–Crippen MR) is 103 cm³/mol. The van der Waals surface area contributed by atoms with Crippen molar-refractivity contribution in [3.8, 4) is 0 Å². The number of hydrogen-bond donors (Lipinski definition) is 1. The Hall–Kier alpha value is -1.62. The Labute approximate surface area is 155 Å². The topological polar surface area (TPSA) is 51.1 Å². The molecule has 1 aromatic heterocycles. The van der Waals surface area contributed by atoms with Gasteiger partial charge in [-0.05, 0) is 37.0 Å². The van der Waals surface area contributed by atoms with Crippen LogP contribution in [0.15, 0.2) is 27.6 Å². The molecule has 0 unspecified atom stereocenters. The van der Waals surface area contributed by atoms with Crippen LogP contribution in [0.4, 0.5) is 0 Å². The van der Waals surface area contributed by atoms with Crippen LogP contribution in [0.2, 0.25) is 0 Å². The molecule has 1 amide bonds. The van der Waals surface area contributed by atoms with E-state index >= 15 is 0 Å². The summed E-state index contributed by atoms with van der Waals surface area (Å²) in [5.74, 6) is -0.213. The third kappa shape index (κ3) is 3.26. The third-order valence-corrected chi connectivity index (χ3v) is 5.98. The van der Waals surface area contributed by atoms with Gasteiger partial charge in [-0.15, -0.1) is 0 Å². The van der Waals surface area contributed by atoms with E-state index in [2.05, 4.69) is 31.9 Å². The van der Waals surface area contributed by atoms with E-state index in [-0.39, 0.29) is 22.9 Å². The molecule has 4 nitrogen and oxygen atoms in total. The van der Waals surface area contributed by atoms with Crippen LogP contribution in [-0.4, -0.2) is 16.5 Å². The number of amides is 1. The largest absolute Gasteiger partial charge is 0.349 e. The van der Waals surface area contributed by atoms with E-state index in [0.717, 1.165) is 48.6 Å². The van der Waals surface area contributed by atoms with Gasteiger partial charge in [0.15, 0.2) is 0 Å². The van der Waals surface area contributed by atoms with Gasteiger partial charge in [0.05, 0.1) is 5.52 Å². The molecule has 1 N–H and O–H groups in total. The van der Waals surface area contributed by atoms with Crippen LogP contribution in [0.3, 0.4) is 0 Å². The Morgan fingerprint density at radius 1 is 1.12 bits per heavy atom. The minimum Gasteiger partial charge on any atom is -0.349 e. The van der Waals surface area contributed by atoms with Gasteiger partial charge in [-0.2, -0.15) is 0 Å². The molecular formula is C20H23BrN2O2. The van der Waals surface area contributed by atoms with Crippen molar-refractivity contribution in [2.45, 2.75) is 64.0 Å². The molecule has 1 aliphatic heterocycles. The Kier molecular flexibility index (Phi) is 4.67. The lowest BCUT2D eigenvalue weighted by molar-refractivity contribution is 0.0929. The standard InChI is InChI=1S/C20H23BrN2O2/c21-14-10-13-8-9-23-12-17(19(24)16(11-14)18(13)23)20(25)22-15-6-4-2-1-3-5-7-15/h10-12,15H,1-9H2,(H,22,25). The van der Waals surface area contributed by atoms with Crippen LogP contribution >= 0.6 is 15.9 Å². The molecule has 2 aliphatic rings. The highest BCUT2D eigenvalue weighted by molar-refractivity contribution is 9.10. The number of pyridine rings is 1. The van der Waals surface area contributed by atoms with Gasteiger partial charge in [0.1, 0.15) is 5.56 Å². The van der Waals surface area contributed by atoms with Gasteiger partial charge in [0.2, 0.25) is 5.43 Å². The van der Waals surface area contributed by atoms with Crippen molar-refractivity contribution in [1.29, 1.82) is 0 Å². The van der Waals surface area contributed by atoms with Gasteiger partial charge >= 0.3 is 0 Å². The van der Waals surface area contributed by atoms with Crippen molar-refractivity contribution < 1.29 is 4.79 Å². The zero-order valence-electron chi connectivity index (χ0n) is 14.3. The molecule has 25 heavy (non-hydrogen) atoms. The first kappa shape index (κ1) is 16.8. The second kappa shape index (κ2) is 6.94. The second-order valence-electron chi connectivity index (χ2n) is 7.29. The highest BCUT2D eigenvalue weighted by Crippen LogP contribution is 2.28. The van der Waals surface area contributed by atoms with Crippen LogP contribution in [-0.2, 0) is 13.0 Å². The summed E-state index contributed by atoms with van der Waals surface area (Å²) in [5.41, 5.74) is 2.28. The summed E-state index contributed by atoms with van der Waals surface area (Å²) in [6, 6.07) is 4.11. The molecule has 2 heterocycles. The minimum absolute atomic E-state index is 0.154. The summed E-state index contributed by atoms with van der Waals surface area (Å²) < 4.78 is 2.96. The van der Waals surface area contributed by atoms with Crippen molar-refractivity contribution in [3.05, 3.63) is 44.2 Å².